The molecule has 126 valence electrons. The van der Waals surface area contributed by atoms with Crippen molar-refractivity contribution in [3.63, 3.8) is 0 Å². The van der Waals surface area contributed by atoms with Crippen molar-refractivity contribution in [2.24, 2.45) is 0 Å². The van der Waals surface area contributed by atoms with Gasteiger partial charge in [-0.15, -0.1) is 0 Å². The van der Waals surface area contributed by atoms with Crippen LogP contribution in [0.25, 0.3) is 0 Å². The van der Waals surface area contributed by atoms with E-state index < -0.39 is 0 Å². The van der Waals surface area contributed by atoms with Gasteiger partial charge in [0.2, 0.25) is 5.91 Å². The van der Waals surface area contributed by atoms with E-state index in [4.69, 9.17) is 0 Å². The zero-order valence-corrected chi connectivity index (χ0v) is 13.9. The minimum Gasteiger partial charge on any atom is -0.343 e. The van der Waals surface area contributed by atoms with Crippen molar-refractivity contribution in [2.75, 3.05) is 52.4 Å². The largest absolute Gasteiger partial charge is 0.343 e. The number of carbonyl (C=O) groups excluding carboxylic acids is 2. The monoisotopic (exact) mass is 310 g/mol. The molecule has 2 aliphatic heterocycles. The summed E-state index contributed by atoms with van der Waals surface area (Å²) in [6.07, 6.45) is 5.13. The molecule has 2 fully saturated rings. The normalized spacial score (nSPS) is 20.0. The Morgan fingerprint density at radius 1 is 0.909 bits per heavy atom. The lowest BCUT2D eigenvalue weighted by Crippen LogP contribution is -2.52. The molecule has 0 unspecified atom stereocenters. The topological polar surface area (TPSA) is 55.9 Å². The maximum Gasteiger partial charge on any atom is 0.317 e. The van der Waals surface area contributed by atoms with E-state index in [-0.39, 0.29) is 6.03 Å². The molecule has 0 bridgehead atoms. The van der Waals surface area contributed by atoms with Crippen LogP contribution in [-0.4, -0.2) is 79.0 Å². The fourth-order valence-corrected chi connectivity index (χ4v) is 3.07. The summed E-state index contributed by atoms with van der Waals surface area (Å²) >= 11 is 0. The van der Waals surface area contributed by atoms with E-state index in [1.807, 2.05) is 9.80 Å². The molecule has 0 aromatic carbocycles. The minimum atomic E-state index is 0.0471. The minimum absolute atomic E-state index is 0.0471. The number of hydrogen-bond acceptors (Lipinski definition) is 3. The zero-order valence-electron chi connectivity index (χ0n) is 13.9. The number of nitrogens with one attached hydrogen (secondary N) is 1. The number of urea groups is 1. The van der Waals surface area contributed by atoms with Gasteiger partial charge in [0.05, 0.1) is 0 Å². The Bertz CT molecular complexity index is 361. The van der Waals surface area contributed by atoms with E-state index in [0.29, 0.717) is 12.3 Å². The lowest BCUT2D eigenvalue weighted by atomic mass is 10.1. The SMILES string of the molecule is CCCNC(=O)N1CCN(CCC(=O)N2CCCCC2)CC1. The van der Waals surface area contributed by atoms with Crippen LogP contribution in [0.4, 0.5) is 4.79 Å². The molecule has 6 heteroatoms. The van der Waals surface area contributed by atoms with E-state index in [9.17, 15) is 9.59 Å². The van der Waals surface area contributed by atoms with Crippen molar-refractivity contribution >= 4 is 11.9 Å². The second-order valence-electron chi connectivity index (χ2n) is 6.25. The van der Waals surface area contributed by atoms with Gasteiger partial charge in [0.25, 0.3) is 0 Å². The molecule has 22 heavy (non-hydrogen) atoms. The fraction of sp³-hybridized carbons (Fsp3) is 0.875. The van der Waals surface area contributed by atoms with Gasteiger partial charge in [-0.3, -0.25) is 9.69 Å². The maximum atomic E-state index is 12.2. The van der Waals surface area contributed by atoms with E-state index in [1.54, 1.807) is 0 Å². The predicted molar refractivity (Wildman–Crippen MR) is 86.8 cm³/mol. The molecule has 0 aromatic heterocycles. The van der Waals surface area contributed by atoms with E-state index in [0.717, 1.165) is 71.6 Å². The average molecular weight is 310 g/mol. The van der Waals surface area contributed by atoms with E-state index in [1.165, 1.54) is 6.42 Å². The molecule has 0 aliphatic carbocycles. The van der Waals surface area contributed by atoms with Crippen molar-refractivity contribution in [2.45, 2.75) is 39.0 Å². The third kappa shape index (κ3) is 5.16. The van der Waals surface area contributed by atoms with Crippen LogP contribution in [0.2, 0.25) is 0 Å². The number of rotatable bonds is 5. The Balaban J connectivity index is 1.62. The summed E-state index contributed by atoms with van der Waals surface area (Å²) < 4.78 is 0. The van der Waals surface area contributed by atoms with E-state index >= 15 is 0 Å². The molecule has 2 rings (SSSR count). The lowest BCUT2D eigenvalue weighted by Gasteiger charge is -2.35. The number of nitrogens with zero attached hydrogens (tertiary/aromatic N) is 3. The number of amides is 3. The molecule has 6 nitrogen and oxygen atoms in total. The molecular weight excluding hydrogens is 280 g/mol. The Kier molecular flexibility index (Phi) is 6.96. The molecule has 0 spiro atoms. The summed E-state index contributed by atoms with van der Waals surface area (Å²) in [5.41, 5.74) is 0. The van der Waals surface area contributed by atoms with Crippen LogP contribution in [0.15, 0.2) is 0 Å². The molecule has 0 radical (unpaired) electrons. The van der Waals surface area contributed by atoms with Crippen molar-refractivity contribution in [3.8, 4) is 0 Å². The Labute approximate surface area is 133 Å². The highest BCUT2D eigenvalue weighted by Crippen LogP contribution is 2.10. The van der Waals surface area contributed by atoms with Gasteiger partial charge in [-0.1, -0.05) is 6.92 Å². The molecule has 1 N–H and O–H groups in total. The first-order chi connectivity index (χ1) is 10.7. The maximum absolute atomic E-state index is 12.2. The molecule has 0 aromatic rings. The third-order valence-electron chi connectivity index (χ3n) is 4.54. The standard InChI is InChI=1S/C16H30N4O2/c1-2-7-17-16(22)20-13-11-18(12-14-20)10-6-15(21)19-8-4-3-5-9-19/h2-14H2,1H3,(H,17,22). The second kappa shape index (κ2) is 8.98. The summed E-state index contributed by atoms with van der Waals surface area (Å²) in [6.45, 7) is 8.73. The van der Waals surface area contributed by atoms with Gasteiger partial charge in [0.15, 0.2) is 0 Å². The highest BCUT2D eigenvalue weighted by Gasteiger charge is 2.22. The number of likely N-dealkylation sites (tertiary alicyclic amines) is 1. The van der Waals surface area contributed by atoms with Crippen LogP contribution in [0.1, 0.15) is 39.0 Å². The Hall–Kier alpha value is -1.30. The van der Waals surface area contributed by atoms with Crippen LogP contribution in [-0.2, 0) is 4.79 Å². The second-order valence-corrected chi connectivity index (χ2v) is 6.25. The smallest absolute Gasteiger partial charge is 0.317 e. The van der Waals surface area contributed by atoms with Gasteiger partial charge >= 0.3 is 6.03 Å². The molecule has 0 atom stereocenters. The van der Waals surface area contributed by atoms with Gasteiger partial charge in [-0.05, 0) is 25.7 Å². The van der Waals surface area contributed by atoms with Crippen LogP contribution < -0.4 is 5.32 Å². The van der Waals surface area contributed by atoms with Gasteiger partial charge < -0.3 is 15.1 Å². The van der Waals surface area contributed by atoms with Gasteiger partial charge in [0.1, 0.15) is 0 Å². The Morgan fingerprint density at radius 3 is 2.23 bits per heavy atom. The average Bonchev–Trinajstić information content (AvgIpc) is 2.58. The summed E-state index contributed by atoms with van der Waals surface area (Å²) in [5.74, 6) is 0.294. The van der Waals surface area contributed by atoms with Crippen molar-refractivity contribution < 1.29 is 9.59 Å². The first-order valence-corrected chi connectivity index (χ1v) is 8.73. The summed E-state index contributed by atoms with van der Waals surface area (Å²) in [7, 11) is 0. The van der Waals surface area contributed by atoms with Crippen molar-refractivity contribution in [1.29, 1.82) is 0 Å². The van der Waals surface area contributed by atoms with Gasteiger partial charge in [-0.25, -0.2) is 4.79 Å². The van der Waals surface area contributed by atoms with Crippen molar-refractivity contribution in [1.82, 2.24) is 20.0 Å². The summed E-state index contributed by atoms with van der Waals surface area (Å²) in [4.78, 5) is 30.2. The van der Waals surface area contributed by atoms with Gasteiger partial charge in [-0.2, -0.15) is 0 Å². The summed E-state index contributed by atoms with van der Waals surface area (Å²) in [6, 6.07) is 0.0471. The molecule has 0 saturated carbocycles. The first kappa shape index (κ1) is 17.1. The molecule has 2 heterocycles. The Morgan fingerprint density at radius 2 is 1.59 bits per heavy atom. The quantitative estimate of drug-likeness (QED) is 0.828. The number of hydrogen-bond donors (Lipinski definition) is 1. The van der Waals surface area contributed by atoms with Crippen LogP contribution in [0, 0.1) is 0 Å². The van der Waals surface area contributed by atoms with Crippen molar-refractivity contribution in [3.05, 3.63) is 0 Å². The fourth-order valence-electron chi connectivity index (χ4n) is 3.07. The lowest BCUT2D eigenvalue weighted by molar-refractivity contribution is -0.132. The molecule has 3 amide bonds. The first-order valence-electron chi connectivity index (χ1n) is 8.73. The number of piperidine rings is 1. The zero-order chi connectivity index (χ0) is 15.8. The highest BCUT2D eigenvalue weighted by atomic mass is 16.2. The summed E-state index contributed by atoms with van der Waals surface area (Å²) in [5, 5.41) is 2.92. The molecular formula is C16H30N4O2. The van der Waals surface area contributed by atoms with Crippen LogP contribution in [0.5, 0.6) is 0 Å². The molecule has 2 saturated heterocycles. The predicted octanol–water partition coefficient (Wildman–Crippen LogP) is 1.13. The molecule has 2 aliphatic rings. The highest BCUT2D eigenvalue weighted by molar-refractivity contribution is 5.76. The van der Waals surface area contributed by atoms with E-state index in [2.05, 4.69) is 17.1 Å². The van der Waals surface area contributed by atoms with Crippen LogP contribution in [0.3, 0.4) is 0 Å². The van der Waals surface area contributed by atoms with Gasteiger partial charge in [0, 0.05) is 58.8 Å². The number of carbonyl (C=O) groups is 2. The van der Waals surface area contributed by atoms with Crippen LogP contribution >= 0.6 is 0 Å². The third-order valence-corrected chi connectivity index (χ3v) is 4.54. The number of piperazine rings is 1.